The summed E-state index contributed by atoms with van der Waals surface area (Å²) in [6.07, 6.45) is 1.62. The van der Waals surface area contributed by atoms with Gasteiger partial charge < -0.3 is 10.1 Å². The van der Waals surface area contributed by atoms with E-state index in [1.165, 1.54) is 6.07 Å². The molecule has 1 heterocycles. The van der Waals surface area contributed by atoms with Gasteiger partial charge in [0.15, 0.2) is 11.6 Å². The highest BCUT2D eigenvalue weighted by molar-refractivity contribution is 5.42. The van der Waals surface area contributed by atoms with Crippen LogP contribution in [0.15, 0.2) is 12.1 Å². The summed E-state index contributed by atoms with van der Waals surface area (Å²) in [4.78, 5) is 0. The van der Waals surface area contributed by atoms with Gasteiger partial charge in [-0.15, -0.1) is 0 Å². The van der Waals surface area contributed by atoms with Gasteiger partial charge in [-0.25, -0.2) is 8.78 Å². The average Bonchev–Trinajstić information content (AvgIpc) is 2.64. The third-order valence-corrected chi connectivity index (χ3v) is 3.03. The van der Waals surface area contributed by atoms with Crippen molar-refractivity contribution in [2.24, 2.45) is 0 Å². The fraction of sp³-hybridized carbons (Fsp3) is 0.538. The van der Waals surface area contributed by atoms with Crippen molar-refractivity contribution in [2.75, 3.05) is 6.54 Å². The summed E-state index contributed by atoms with van der Waals surface area (Å²) in [6.45, 7) is 4.84. The molecule has 1 aliphatic heterocycles. The lowest BCUT2D eigenvalue weighted by Crippen LogP contribution is -2.31. The molecule has 1 N–H and O–H groups in total. The van der Waals surface area contributed by atoms with Gasteiger partial charge in [0.05, 0.1) is 6.04 Å². The van der Waals surface area contributed by atoms with E-state index in [9.17, 15) is 8.78 Å². The van der Waals surface area contributed by atoms with Crippen LogP contribution in [0.2, 0.25) is 0 Å². The molecule has 0 aromatic heterocycles. The van der Waals surface area contributed by atoms with Crippen molar-refractivity contribution in [1.82, 2.24) is 5.32 Å². The van der Waals surface area contributed by atoms with E-state index in [2.05, 4.69) is 12.2 Å². The number of ether oxygens (including phenoxy) is 1. The second-order valence-electron chi connectivity index (χ2n) is 4.30. The van der Waals surface area contributed by atoms with Crippen LogP contribution in [-0.4, -0.2) is 12.6 Å². The fourth-order valence-corrected chi connectivity index (χ4v) is 2.22. The van der Waals surface area contributed by atoms with Crippen LogP contribution in [0.3, 0.4) is 0 Å². The number of hydrogen-bond donors (Lipinski definition) is 1. The SMILES string of the molecule is CCCNC1c2cc(F)cc(F)c2OC1CC. The largest absolute Gasteiger partial charge is 0.485 e. The Labute approximate surface area is 100.0 Å². The van der Waals surface area contributed by atoms with E-state index in [-0.39, 0.29) is 17.9 Å². The Kier molecular flexibility index (Phi) is 3.62. The molecule has 2 atom stereocenters. The van der Waals surface area contributed by atoms with E-state index >= 15 is 0 Å². The van der Waals surface area contributed by atoms with E-state index < -0.39 is 11.6 Å². The van der Waals surface area contributed by atoms with E-state index in [0.717, 1.165) is 25.5 Å². The molecule has 1 aromatic carbocycles. The van der Waals surface area contributed by atoms with Gasteiger partial charge in [0.1, 0.15) is 11.9 Å². The van der Waals surface area contributed by atoms with Gasteiger partial charge in [-0.05, 0) is 25.5 Å². The zero-order valence-corrected chi connectivity index (χ0v) is 10.1. The highest BCUT2D eigenvalue weighted by Crippen LogP contribution is 2.40. The van der Waals surface area contributed by atoms with E-state index in [4.69, 9.17) is 4.74 Å². The van der Waals surface area contributed by atoms with E-state index in [0.29, 0.717) is 5.56 Å². The zero-order chi connectivity index (χ0) is 12.4. The molecular formula is C13H17F2NO. The number of nitrogens with one attached hydrogen (secondary N) is 1. The summed E-state index contributed by atoms with van der Waals surface area (Å²) in [7, 11) is 0. The Morgan fingerprint density at radius 3 is 2.71 bits per heavy atom. The Morgan fingerprint density at radius 1 is 1.29 bits per heavy atom. The van der Waals surface area contributed by atoms with Crippen molar-refractivity contribution in [3.05, 3.63) is 29.3 Å². The van der Waals surface area contributed by atoms with Crippen molar-refractivity contribution >= 4 is 0 Å². The first-order valence-electron chi connectivity index (χ1n) is 6.06. The van der Waals surface area contributed by atoms with Crippen LogP contribution < -0.4 is 10.1 Å². The molecule has 4 heteroatoms. The van der Waals surface area contributed by atoms with Crippen LogP contribution in [-0.2, 0) is 0 Å². The molecule has 0 bridgehead atoms. The van der Waals surface area contributed by atoms with Crippen LogP contribution in [0.1, 0.15) is 38.3 Å². The Bertz CT molecular complexity index is 409. The normalized spacial score (nSPS) is 22.4. The van der Waals surface area contributed by atoms with Gasteiger partial charge in [-0.3, -0.25) is 0 Å². The highest BCUT2D eigenvalue weighted by Gasteiger charge is 2.35. The fourth-order valence-electron chi connectivity index (χ4n) is 2.22. The predicted octanol–water partition coefficient (Wildman–Crippen LogP) is 3.18. The number of hydrogen-bond acceptors (Lipinski definition) is 2. The Balaban J connectivity index is 2.33. The minimum atomic E-state index is -0.612. The van der Waals surface area contributed by atoms with Crippen LogP contribution in [0.25, 0.3) is 0 Å². The molecule has 1 aromatic rings. The lowest BCUT2D eigenvalue weighted by Gasteiger charge is -2.18. The number of halogens is 2. The molecule has 2 rings (SSSR count). The van der Waals surface area contributed by atoms with Gasteiger partial charge in [-0.2, -0.15) is 0 Å². The topological polar surface area (TPSA) is 21.3 Å². The molecule has 1 aliphatic rings. The lowest BCUT2D eigenvalue weighted by atomic mass is 10.0. The molecule has 0 amide bonds. The molecule has 94 valence electrons. The van der Waals surface area contributed by atoms with Crippen molar-refractivity contribution in [1.29, 1.82) is 0 Å². The minimum Gasteiger partial charge on any atom is -0.485 e. The second kappa shape index (κ2) is 5.00. The van der Waals surface area contributed by atoms with Crippen LogP contribution in [0.5, 0.6) is 5.75 Å². The van der Waals surface area contributed by atoms with Gasteiger partial charge in [-0.1, -0.05) is 13.8 Å². The standard InChI is InChI=1S/C13H17F2NO/c1-3-5-16-12-9-6-8(14)7-10(15)13(9)17-11(12)4-2/h6-7,11-12,16H,3-5H2,1-2H3. The maximum absolute atomic E-state index is 13.6. The second-order valence-corrected chi connectivity index (χ2v) is 4.30. The molecule has 17 heavy (non-hydrogen) atoms. The first kappa shape index (κ1) is 12.3. The van der Waals surface area contributed by atoms with Crippen LogP contribution in [0, 0.1) is 11.6 Å². The molecule has 0 radical (unpaired) electrons. The predicted molar refractivity (Wildman–Crippen MR) is 62.1 cm³/mol. The van der Waals surface area contributed by atoms with Crippen LogP contribution >= 0.6 is 0 Å². The molecular weight excluding hydrogens is 224 g/mol. The van der Waals surface area contributed by atoms with Crippen molar-refractivity contribution in [2.45, 2.75) is 38.8 Å². The van der Waals surface area contributed by atoms with E-state index in [1.807, 2.05) is 6.92 Å². The first-order chi connectivity index (χ1) is 8.17. The third-order valence-electron chi connectivity index (χ3n) is 3.03. The zero-order valence-electron chi connectivity index (χ0n) is 10.1. The van der Waals surface area contributed by atoms with E-state index in [1.54, 1.807) is 0 Å². The summed E-state index contributed by atoms with van der Waals surface area (Å²) in [6, 6.07) is 2.12. The maximum atomic E-state index is 13.6. The smallest absolute Gasteiger partial charge is 0.168 e. The molecule has 0 fully saturated rings. The third kappa shape index (κ3) is 2.27. The maximum Gasteiger partial charge on any atom is 0.168 e. The van der Waals surface area contributed by atoms with Gasteiger partial charge in [0, 0.05) is 11.6 Å². The van der Waals surface area contributed by atoms with Crippen LogP contribution in [0.4, 0.5) is 8.78 Å². The minimum absolute atomic E-state index is 0.111. The monoisotopic (exact) mass is 241 g/mol. The van der Waals surface area contributed by atoms with Gasteiger partial charge in [0.2, 0.25) is 0 Å². The molecule has 0 saturated carbocycles. The number of benzene rings is 1. The molecule has 0 spiro atoms. The summed E-state index contributed by atoms with van der Waals surface area (Å²) in [5.74, 6) is -0.962. The summed E-state index contributed by atoms with van der Waals surface area (Å²) < 4.78 is 32.3. The molecule has 2 nitrogen and oxygen atoms in total. The average molecular weight is 241 g/mol. The van der Waals surface area contributed by atoms with Crippen molar-refractivity contribution < 1.29 is 13.5 Å². The highest BCUT2D eigenvalue weighted by atomic mass is 19.1. The summed E-state index contributed by atoms with van der Waals surface area (Å²) in [5, 5.41) is 3.28. The number of fused-ring (bicyclic) bond motifs is 1. The van der Waals surface area contributed by atoms with Gasteiger partial charge in [0.25, 0.3) is 0 Å². The Hall–Kier alpha value is -1.16. The molecule has 0 aliphatic carbocycles. The first-order valence-corrected chi connectivity index (χ1v) is 6.06. The summed E-state index contributed by atoms with van der Waals surface area (Å²) >= 11 is 0. The van der Waals surface area contributed by atoms with Crippen molar-refractivity contribution in [3.63, 3.8) is 0 Å². The molecule has 2 unspecified atom stereocenters. The Morgan fingerprint density at radius 2 is 2.06 bits per heavy atom. The lowest BCUT2D eigenvalue weighted by molar-refractivity contribution is 0.179. The van der Waals surface area contributed by atoms with Crippen molar-refractivity contribution in [3.8, 4) is 5.75 Å². The van der Waals surface area contributed by atoms with Gasteiger partial charge >= 0.3 is 0 Å². The quantitative estimate of drug-likeness (QED) is 0.874. The number of rotatable bonds is 4. The molecule has 0 saturated heterocycles. The summed E-state index contributed by atoms with van der Waals surface area (Å²) in [5.41, 5.74) is 0.600.